The molecule has 32 heavy (non-hydrogen) atoms. The van der Waals surface area contributed by atoms with Gasteiger partial charge in [-0.15, -0.1) is 40.0 Å². The van der Waals surface area contributed by atoms with E-state index in [-0.39, 0.29) is 17.0 Å². The Hall–Kier alpha value is -1.81. The number of thioether (sulfide) groups is 3. The second-order valence-corrected chi connectivity index (χ2v) is 11.6. The van der Waals surface area contributed by atoms with Crippen molar-refractivity contribution in [2.45, 2.75) is 15.1 Å². The van der Waals surface area contributed by atoms with Crippen molar-refractivity contribution in [3.05, 3.63) is 29.0 Å². The molecule has 4 heterocycles. The van der Waals surface area contributed by atoms with E-state index < -0.39 is 11.4 Å². The predicted octanol–water partition coefficient (Wildman–Crippen LogP) is 1.74. The van der Waals surface area contributed by atoms with Crippen molar-refractivity contribution < 1.29 is 14.4 Å². The molecule has 10 nitrogen and oxygen atoms in total. The molecular weight excluding hydrogens is 511 g/mol. The summed E-state index contributed by atoms with van der Waals surface area (Å²) >= 11 is 7.33. The molecule has 170 valence electrons. The van der Waals surface area contributed by atoms with Gasteiger partial charge in [0, 0.05) is 28.8 Å². The Labute approximate surface area is 205 Å². The van der Waals surface area contributed by atoms with Crippen molar-refractivity contribution in [2.24, 2.45) is 5.16 Å². The van der Waals surface area contributed by atoms with Gasteiger partial charge < -0.3 is 20.8 Å². The summed E-state index contributed by atoms with van der Waals surface area (Å²) < 4.78 is 4.90. The van der Waals surface area contributed by atoms with Gasteiger partial charge in [-0.1, -0.05) is 9.64 Å². The van der Waals surface area contributed by atoms with E-state index in [9.17, 15) is 9.59 Å². The number of hydrogen-bond acceptors (Lipinski definition) is 13. The van der Waals surface area contributed by atoms with Gasteiger partial charge in [0.2, 0.25) is 0 Å². The highest BCUT2D eigenvalue weighted by molar-refractivity contribution is 8.02. The molecule has 1 fully saturated rings. The lowest BCUT2D eigenvalue weighted by Crippen LogP contribution is -2.80. The van der Waals surface area contributed by atoms with E-state index in [0.717, 1.165) is 21.3 Å². The lowest BCUT2D eigenvalue weighted by atomic mass is 9.89. The molecule has 0 aliphatic carbocycles. The van der Waals surface area contributed by atoms with Gasteiger partial charge in [0.05, 0.1) is 6.20 Å². The molecule has 2 aromatic rings. The molecule has 2 amide bonds. The normalized spacial score (nSPS) is 22.8. The standard InChI is InChI=1S/C17H19N7O3S5/c1-27-22-12(10-7-31-16(18)20-10)13(25)21-17(8-28-2)14(26)24-4-9(6-30-15(17)24)5-29-11-3-19-23-32-11/h3-4,7,15H,5-6,8H2,1-2H3,(H2,18,20)(H,21,25)/b22-12-/t15-,17+/m0/s1. The number of fused-ring (bicyclic) bond motifs is 1. The third kappa shape index (κ3) is 4.48. The first-order valence-electron chi connectivity index (χ1n) is 9.16. The number of nitrogens with one attached hydrogen (secondary N) is 1. The predicted molar refractivity (Wildman–Crippen MR) is 131 cm³/mol. The zero-order valence-corrected chi connectivity index (χ0v) is 21.1. The van der Waals surface area contributed by atoms with E-state index in [1.54, 1.807) is 40.0 Å². The maximum absolute atomic E-state index is 13.3. The fourth-order valence-corrected chi connectivity index (χ4v) is 7.68. The number of hydrogen-bond donors (Lipinski definition) is 2. The summed E-state index contributed by atoms with van der Waals surface area (Å²) in [5, 5.41) is 12.3. The van der Waals surface area contributed by atoms with Crippen LogP contribution in [0.2, 0.25) is 0 Å². The Balaban J connectivity index is 1.50. The van der Waals surface area contributed by atoms with E-state index in [1.807, 2.05) is 12.5 Å². The molecule has 0 unspecified atom stereocenters. The van der Waals surface area contributed by atoms with Crippen LogP contribution in [0.4, 0.5) is 5.13 Å². The van der Waals surface area contributed by atoms with Crippen molar-refractivity contribution in [3.63, 3.8) is 0 Å². The smallest absolute Gasteiger partial charge is 0.276 e. The summed E-state index contributed by atoms with van der Waals surface area (Å²) in [7, 11) is 1.35. The zero-order valence-electron chi connectivity index (χ0n) is 17.0. The highest BCUT2D eigenvalue weighted by atomic mass is 32.2. The summed E-state index contributed by atoms with van der Waals surface area (Å²) in [4.78, 5) is 37.1. The first kappa shape index (κ1) is 23.4. The van der Waals surface area contributed by atoms with E-state index in [0.29, 0.717) is 16.6 Å². The van der Waals surface area contributed by atoms with E-state index in [2.05, 4.69) is 25.0 Å². The van der Waals surface area contributed by atoms with Crippen LogP contribution in [0.5, 0.6) is 0 Å². The van der Waals surface area contributed by atoms with Gasteiger partial charge >= 0.3 is 0 Å². The molecule has 2 aliphatic rings. The van der Waals surface area contributed by atoms with Crippen molar-refractivity contribution in [1.29, 1.82) is 0 Å². The van der Waals surface area contributed by atoms with E-state index >= 15 is 0 Å². The quantitative estimate of drug-likeness (QED) is 0.214. The first-order chi connectivity index (χ1) is 15.5. The number of oxime groups is 1. The molecule has 15 heteroatoms. The molecule has 0 aromatic carbocycles. The molecule has 2 aliphatic heterocycles. The molecule has 4 rings (SSSR count). The van der Waals surface area contributed by atoms with Crippen LogP contribution in [-0.4, -0.2) is 78.5 Å². The van der Waals surface area contributed by atoms with Gasteiger partial charge in [0.15, 0.2) is 16.4 Å². The minimum atomic E-state index is -1.03. The third-order valence-electron chi connectivity index (χ3n) is 4.65. The summed E-state index contributed by atoms with van der Waals surface area (Å²) in [6.45, 7) is 0. The number of β-lactam (4-membered cyclic amide) rings is 1. The Bertz CT molecular complexity index is 1060. The molecule has 3 N–H and O–H groups in total. The summed E-state index contributed by atoms with van der Waals surface area (Å²) in [5.74, 6) is 1.29. The average Bonchev–Trinajstić information content (AvgIpc) is 3.47. The maximum Gasteiger partial charge on any atom is 0.276 e. The average molecular weight is 530 g/mol. The molecule has 0 saturated carbocycles. The van der Waals surface area contributed by atoms with Gasteiger partial charge in [0.1, 0.15) is 22.4 Å². The van der Waals surface area contributed by atoms with Crippen molar-refractivity contribution in [3.8, 4) is 0 Å². The van der Waals surface area contributed by atoms with Crippen LogP contribution in [0.25, 0.3) is 0 Å². The van der Waals surface area contributed by atoms with Crippen LogP contribution in [0.15, 0.2) is 32.7 Å². The summed E-state index contributed by atoms with van der Waals surface area (Å²) in [6.07, 6.45) is 5.54. The number of thiazole rings is 1. The molecule has 2 aromatic heterocycles. The molecule has 1 saturated heterocycles. The monoisotopic (exact) mass is 529 g/mol. The fraction of sp³-hybridized carbons (Fsp3) is 0.412. The van der Waals surface area contributed by atoms with Crippen LogP contribution < -0.4 is 11.1 Å². The van der Waals surface area contributed by atoms with Crippen LogP contribution in [0, 0.1) is 0 Å². The van der Waals surface area contributed by atoms with Crippen molar-refractivity contribution in [2.75, 3.05) is 36.4 Å². The minimum absolute atomic E-state index is 0.0150. The summed E-state index contributed by atoms with van der Waals surface area (Å²) in [5.41, 5.74) is 6.10. The van der Waals surface area contributed by atoms with Gasteiger partial charge in [-0.3, -0.25) is 9.59 Å². The number of nitrogens with two attached hydrogens (primary N) is 1. The van der Waals surface area contributed by atoms with Gasteiger partial charge in [-0.2, -0.15) is 11.8 Å². The lowest BCUT2D eigenvalue weighted by Gasteiger charge is -2.55. The van der Waals surface area contributed by atoms with E-state index in [4.69, 9.17) is 10.6 Å². The van der Waals surface area contributed by atoms with Gasteiger partial charge in [0.25, 0.3) is 11.8 Å². The zero-order chi connectivity index (χ0) is 22.7. The van der Waals surface area contributed by atoms with Crippen molar-refractivity contribution in [1.82, 2.24) is 24.8 Å². The highest BCUT2D eigenvalue weighted by Gasteiger charge is 2.62. The highest BCUT2D eigenvalue weighted by Crippen LogP contribution is 2.45. The second-order valence-electron chi connectivity index (χ2n) is 6.74. The van der Waals surface area contributed by atoms with E-state index in [1.165, 1.54) is 41.7 Å². The lowest BCUT2D eigenvalue weighted by molar-refractivity contribution is -0.151. The molecule has 0 radical (unpaired) electrons. The van der Waals surface area contributed by atoms with Gasteiger partial charge in [-0.05, 0) is 23.4 Å². The Morgan fingerprint density at radius 3 is 3.03 bits per heavy atom. The number of nitrogen functional groups attached to an aromatic ring is 1. The number of rotatable bonds is 9. The molecule has 2 atom stereocenters. The fourth-order valence-electron chi connectivity index (χ4n) is 3.31. The maximum atomic E-state index is 13.3. The Kier molecular flexibility index (Phi) is 7.29. The number of nitrogens with zero attached hydrogens (tertiary/aromatic N) is 5. The van der Waals surface area contributed by atoms with Gasteiger partial charge in [-0.25, -0.2) is 4.98 Å². The third-order valence-corrected chi connectivity index (χ3v) is 9.49. The number of amides is 2. The second kappa shape index (κ2) is 9.99. The summed E-state index contributed by atoms with van der Waals surface area (Å²) in [6, 6.07) is 0. The largest absolute Gasteiger partial charge is 0.398 e. The van der Waals surface area contributed by atoms with Crippen LogP contribution in [0.3, 0.4) is 0 Å². The number of carbonyl (C=O) groups is 2. The van der Waals surface area contributed by atoms with Crippen LogP contribution >= 0.6 is 58.2 Å². The number of carbonyl (C=O) groups excluding carboxylic acids is 2. The minimum Gasteiger partial charge on any atom is -0.398 e. The Morgan fingerprint density at radius 2 is 2.38 bits per heavy atom. The van der Waals surface area contributed by atoms with Crippen LogP contribution in [-0.2, 0) is 14.4 Å². The first-order valence-corrected chi connectivity index (χ1v) is 14.2. The topological polar surface area (TPSA) is 136 Å². The Morgan fingerprint density at radius 1 is 1.53 bits per heavy atom. The SMILES string of the molecule is CO/N=C(\C(=O)N[C@]1(CSC)C(=O)N2C=C(CSc3cnns3)CS[C@H]21)c1csc(N)n1. The number of anilines is 1. The van der Waals surface area contributed by atoms with Crippen LogP contribution in [0.1, 0.15) is 5.69 Å². The molecule has 0 bridgehead atoms. The van der Waals surface area contributed by atoms with Crippen molar-refractivity contribution >= 4 is 80.8 Å². The molecule has 0 spiro atoms. The molecular formula is C17H19N7O3S5. The number of aromatic nitrogens is 3.